The van der Waals surface area contributed by atoms with Gasteiger partial charge in [-0.3, -0.25) is 0 Å². The van der Waals surface area contributed by atoms with Crippen LogP contribution in [0.4, 0.5) is 30.7 Å². The monoisotopic (exact) mass is 460 g/mol. The summed E-state index contributed by atoms with van der Waals surface area (Å²) in [6, 6.07) is 0. The van der Waals surface area contributed by atoms with Gasteiger partial charge < -0.3 is 14.4 Å². The highest BCUT2D eigenvalue weighted by Crippen LogP contribution is 2.48. The molecule has 0 saturated heterocycles. The summed E-state index contributed by atoms with van der Waals surface area (Å²) in [6.45, 7) is 3.35. The molecular formula is C16H20BF7N4O3. The topological polar surface area (TPSA) is 74.3 Å². The number of aryl methyl sites for hydroxylation is 1. The van der Waals surface area contributed by atoms with Gasteiger partial charge >= 0.3 is 25.8 Å². The van der Waals surface area contributed by atoms with Gasteiger partial charge in [0.2, 0.25) is 0 Å². The van der Waals surface area contributed by atoms with Crippen molar-refractivity contribution in [1.82, 2.24) is 19.6 Å². The summed E-state index contributed by atoms with van der Waals surface area (Å²) in [5.74, 6) is -7.84. The molecule has 7 nitrogen and oxygen atoms in total. The van der Waals surface area contributed by atoms with E-state index in [1.54, 1.807) is 13.8 Å². The van der Waals surface area contributed by atoms with E-state index >= 15 is 0 Å². The smallest absolute Gasteiger partial charge is 0.428 e. The summed E-state index contributed by atoms with van der Waals surface area (Å²) in [6.07, 6.45) is -4.08. The zero-order valence-corrected chi connectivity index (χ0v) is 17.1. The third-order valence-corrected chi connectivity index (χ3v) is 4.75. The van der Waals surface area contributed by atoms with Crippen molar-refractivity contribution >= 4 is 12.6 Å². The van der Waals surface area contributed by atoms with Crippen LogP contribution in [0.3, 0.4) is 0 Å². The first-order valence-corrected chi connectivity index (χ1v) is 8.86. The maximum atomic E-state index is 13.9. The lowest BCUT2D eigenvalue weighted by Crippen LogP contribution is -2.44. The molecule has 2 aromatic heterocycles. The fourth-order valence-electron chi connectivity index (χ4n) is 2.36. The normalized spacial score (nSPS) is 13.4. The van der Waals surface area contributed by atoms with E-state index in [0.29, 0.717) is 9.36 Å². The van der Waals surface area contributed by atoms with Crippen molar-refractivity contribution < 1.29 is 45.1 Å². The Labute approximate surface area is 172 Å². The maximum absolute atomic E-state index is 13.9. The molecule has 174 valence electrons. The van der Waals surface area contributed by atoms with Crippen LogP contribution in [0.2, 0.25) is 0 Å². The van der Waals surface area contributed by atoms with E-state index in [-0.39, 0.29) is 11.4 Å². The molecule has 0 aliphatic carbocycles. The highest BCUT2D eigenvalue weighted by Gasteiger charge is 2.62. The van der Waals surface area contributed by atoms with Crippen molar-refractivity contribution in [2.45, 2.75) is 52.0 Å². The van der Waals surface area contributed by atoms with Crippen LogP contribution < -0.4 is 10.2 Å². The summed E-state index contributed by atoms with van der Waals surface area (Å²) < 4.78 is 102. The van der Waals surface area contributed by atoms with Crippen LogP contribution in [0.25, 0.3) is 5.82 Å². The minimum absolute atomic E-state index is 0.0120. The van der Waals surface area contributed by atoms with Gasteiger partial charge in [0.1, 0.15) is 0 Å². The van der Waals surface area contributed by atoms with Crippen molar-refractivity contribution in [3.63, 3.8) is 0 Å². The van der Waals surface area contributed by atoms with Crippen LogP contribution in [0, 0.1) is 5.92 Å². The molecule has 0 spiro atoms. The quantitative estimate of drug-likeness (QED) is 0.485. The first kappa shape index (κ1) is 25.0. The Morgan fingerprint density at radius 1 is 1.13 bits per heavy atom. The van der Waals surface area contributed by atoms with Gasteiger partial charge in [-0.2, -0.15) is 40.9 Å². The van der Waals surface area contributed by atoms with Crippen molar-refractivity contribution in [2.24, 2.45) is 13.0 Å². The second-order valence-electron chi connectivity index (χ2n) is 7.52. The summed E-state index contributed by atoms with van der Waals surface area (Å²) in [5.41, 5.74) is -2.85. The van der Waals surface area contributed by atoms with E-state index < -0.39 is 48.7 Å². The molecule has 0 fully saturated rings. The van der Waals surface area contributed by atoms with Crippen molar-refractivity contribution in [2.75, 3.05) is 0 Å². The lowest BCUT2D eigenvalue weighted by atomic mass is 9.79. The van der Waals surface area contributed by atoms with Gasteiger partial charge in [-0.05, 0) is 19.8 Å². The lowest BCUT2D eigenvalue weighted by Gasteiger charge is -2.31. The number of aromatic nitrogens is 4. The molecule has 0 amide bonds. The molecule has 0 radical (unpaired) electrons. The van der Waals surface area contributed by atoms with Gasteiger partial charge in [-0.15, -0.1) is 0 Å². The molecule has 15 heteroatoms. The van der Waals surface area contributed by atoms with Crippen LogP contribution in [0.1, 0.15) is 33.4 Å². The minimum Gasteiger partial charge on any atom is -0.428 e. The highest BCUT2D eigenvalue weighted by molar-refractivity contribution is 6.59. The number of hydrogen-bond donors (Lipinski definition) is 1. The van der Waals surface area contributed by atoms with Crippen LogP contribution in [-0.4, -0.2) is 50.1 Å². The van der Waals surface area contributed by atoms with E-state index in [4.69, 9.17) is 4.65 Å². The van der Waals surface area contributed by atoms with Crippen molar-refractivity contribution in [1.29, 1.82) is 0 Å². The molecule has 0 atom stereocenters. The molecule has 0 aliphatic heterocycles. The van der Waals surface area contributed by atoms with Crippen LogP contribution in [0.5, 0.6) is 5.75 Å². The average Bonchev–Trinajstić information content (AvgIpc) is 3.17. The molecule has 2 aromatic rings. The Hall–Kier alpha value is -2.29. The Morgan fingerprint density at radius 2 is 1.71 bits per heavy atom. The van der Waals surface area contributed by atoms with E-state index in [0.717, 1.165) is 19.4 Å². The zero-order chi connectivity index (χ0) is 23.9. The van der Waals surface area contributed by atoms with Gasteiger partial charge in [0, 0.05) is 24.9 Å². The third-order valence-electron chi connectivity index (χ3n) is 4.75. The largest absolute Gasteiger partial charge is 0.494 e. The zero-order valence-electron chi connectivity index (χ0n) is 17.1. The van der Waals surface area contributed by atoms with Gasteiger partial charge in [-0.1, -0.05) is 13.8 Å². The summed E-state index contributed by atoms with van der Waals surface area (Å²) >= 11 is 0. The Kier molecular flexibility index (Phi) is 6.72. The summed E-state index contributed by atoms with van der Waals surface area (Å²) in [4.78, 5) is 0. The second kappa shape index (κ2) is 8.33. The Bertz CT molecular complexity index is 912. The fourth-order valence-corrected chi connectivity index (χ4v) is 2.36. The Balaban J connectivity index is 2.53. The van der Waals surface area contributed by atoms with Crippen LogP contribution in [0.15, 0.2) is 12.4 Å². The Morgan fingerprint density at radius 3 is 2.19 bits per heavy atom. The number of alkyl halides is 7. The molecule has 1 N–H and O–H groups in total. The minimum atomic E-state index is -6.11. The predicted octanol–water partition coefficient (Wildman–Crippen LogP) is 3.00. The molecule has 0 aliphatic rings. The summed E-state index contributed by atoms with van der Waals surface area (Å²) in [7, 11) is -0.602. The molecule has 2 rings (SSSR count). The van der Waals surface area contributed by atoms with Crippen molar-refractivity contribution in [3.8, 4) is 11.6 Å². The maximum Gasteiger partial charge on any atom is 0.494 e. The summed E-state index contributed by atoms with van der Waals surface area (Å²) in [5, 5.41) is 17.1. The van der Waals surface area contributed by atoms with Gasteiger partial charge in [0.05, 0.1) is 5.60 Å². The van der Waals surface area contributed by atoms with E-state index in [1.807, 2.05) is 13.8 Å². The predicted molar refractivity (Wildman–Crippen MR) is 94.5 cm³/mol. The molecule has 0 aromatic carbocycles. The highest BCUT2D eigenvalue weighted by atomic mass is 19.4. The van der Waals surface area contributed by atoms with Gasteiger partial charge in [0.25, 0.3) is 0 Å². The molecule has 2 heterocycles. The lowest BCUT2D eigenvalue weighted by molar-refractivity contribution is -0.291. The van der Waals surface area contributed by atoms with Gasteiger partial charge in [-0.25, -0.2) is 9.36 Å². The molecular weight excluding hydrogens is 440 g/mol. The number of ether oxygens (including phenoxy) is 1. The third kappa shape index (κ3) is 4.97. The van der Waals surface area contributed by atoms with Crippen molar-refractivity contribution in [3.05, 3.63) is 18.1 Å². The number of nitrogens with zero attached hydrogens (tertiary/aromatic N) is 4. The molecule has 0 bridgehead atoms. The molecule has 0 saturated carbocycles. The van der Waals surface area contributed by atoms with Crippen LogP contribution in [-0.2, 0) is 17.6 Å². The van der Waals surface area contributed by atoms with E-state index in [9.17, 15) is 35.8 Å². The second-order valence-corrected chi connectivity index (χ2v) is 7.52. The average molecular weight is 460 g/mol. The molecule has 0 unspecified atom stereocenters. The number of rotatable bonds is 8. The fraction of sp³-hybridized carbons (Fsp3) is 0.625. The number of halogens is 7. The standard InChI is InChI=1S/C16H20BF7N4O3/c1-8(2)14(3,4)31-17(29)9-6-25-28(7-9)12-10(30-13(18)19)11(26-27(12)5)15(20,21)16(22,23)24/h6-8,13,29H,1-5H3. The molecule has 31 heavy (non-hydrogen) atoms. The first-order chi connectivity index (χ1) is 14.0. The van der Waals surface area contributed by atoms with Crippen LogP contribution >= 0.6 is 0 Å². The van der Waals surface area contributed by atoms with Gasteiger partial charge in [0.15, 0.2) is 17.3 Å². The number of hydrogen-bond acceptors (Lipinski definition) is 5. The first-order valence-electron chi connectivity index (χ1n) is 8.86. The SMILES string of the molecule is CC(C)C(C)(C)OB(O)c1cnn(-c2c(OC(F)F)c(C(F)(F)C(F)(F)F)nn2C)c1. The van der Waals surface area contributed by atoms with E-state index in [1.165, 1.54) is 0 Å². The van der Waals surface area contributed by atoms with E-state index in [2.05, 4.69) is 14.9 Å².